The SMILES string of the molecule is COc1ccccc1C(=O)N[C@@H]1C[C@H]2Oc3ccccc3N[C@H]2[C@@H]1O. The van der Waals surface area contributed by atoms with E-state index < -0.39 is 12.1 Å². The highest BCUT2D eigenvalue weighted by molar-refractivity contribution is 5.97. The van der Waals surface area contributed by atoms with Gasteiger partial charge in [-0.3, -0.25) is 4.79 Å². The quantitative estimate of drug-likeness (QED) is 0.794. The lowest BCUT2D eigenvalue weighted by Crippen LogP contribution is -2.47. The van der Waals surface area contributed by atoms with Crippen LogP contribution in [-0.4, -0.2) is 42.4 Å². The van der Waals surface area contributed by atoms with Gasteiger partial charge in [0.25, 0.3) is 5.91 Å². The van der Waals surface area contributed by atoms with Crippen molar-refractivity contribution in [3.05, 3.63) is 54.1 Å². The number of hydrogen-bond donors (Lipinski definition) is 3. The van der Waals surface area contributed by atoms with Gasteiger partial charge in [0.15, 0.2) is 0 Å². The predicted molar refractivity (Wildman–Crippen MR) is 93.1 cm³/mol. The molecule has 0 unspecified atom stereocenters. The van der Waals surface area contributed by atoms with Crippen molar-refractivity contribution in [2.24, 2.45) is 0 Å². The topological polar surface area (TPSA) is 79.8 Å². The molecule has 3 N–H and O–H groups in total. The second-order valence-electron chi connectivity index (χ2n) is 6.33. The maximum Gasteiger partial charge on any atom is 0.255 e. The van der Waals surface area contributed by atoms with E-state index in [4.69, 9.17) is 9.47 Å². The Labute approximate surface area is 145 Å². The van der Waals surface area contributed by atoms with E-state index in [1.54, 1.807) is 18.2 Å². The Morgan fingerprint density at radius 3 is 2.84 bits per heavy atom. The fourth-order valence-corrected chi connectivity index (χ4v) is 3.56. The lowest BCUT2D eigenvalue weighted by Gasteiger charge is -2.31. The van der Waals surface area contributed by atoms with Crippen molar-refractivity contribution in [3.63, 3.8) is 0 Å². The number of amides is 1. The second kappa shape index (κ2) is 6.29. The van der Waals surface area contributed by atoms with E-state index in [9.17, 15) is 9.90 Å². The van der Waals surface area contributed by atoms with Crippen LogP contribution in [-0.2, 0) is 0 Å². The number of methoxy groups -OCH3 is 1. The molecule has 0 bridgehead atoms. The first-order valence-corrected chi connectivity index (χ1v) is 8.31. The largest absolute Gasteiger partial charge is 0.496 e. The molecule has 1 saturated carbocycles. The lowest BCUT2D eigenvalue weighted by molar-refractivity contribution is 0.0850. The second-order valence-corrected chi connectivity index (χ2v) is 6.33. The zero-order valence-corrected chi connectivity index (χ0v) is 13.8. The van der Waals surface area contributed by atoms with Gasteiger partial charge < -0.3 is 25.2 Å². The van der Waals surface area contributed by atoms with Crippen molar-refractivity contribution in [1.29, 1.82) is 0 Å². The Kier molecular flexibility index (Phi) is 3.97. The molecule has 2 aromatic carbocycles. The third-order valence-corrected chi connectivity index (χ3v) is 4.82. The van der Waals surface area contributed by atoms with Crippen molar-refractivity contribution in [2.75, 3.05) is 12.4 Å². The van der Waals surface area contributed by atoms with Crippen LogP contribution >= 0.6 is 0 Å². The van der Waals surface area contributed by atoms with Gasteiger partial charge in [-0.25, -0.2) is 0 Å². The minimum atomic E-state index is -0.739. The van der Waals surface area contributed by atoms with Crippen molar-refractivity contribution < 1.29 is 19.4 Å². The van der Waals surface area contributed by atoms with E-state index in [0.717, 1.165) is 11.4 Å². The Morgan fingerprint density at radius 2 is 2.00 bits per heavy atom. The number of aliphatic hydroxyl groups is 1. The van der Waals surface area contributed by atoms with Crippen LogP contribution in [0.25, 0.3) is 0 Å². The van der Waals surface area contributed by atoms with E-state index in [2.05, 4.69) is 10.6 Å². The van der Waals surface area contributed by atoms with Crippen LogP contribution in [0.15, 0.2) is 48.5 Å². The summed E-state index contributed by atoms with van der Waals surface area (Å²) in [7, 11) is 1.53. The van der Waals surface area contributed by atoms with Crippen molar-refractivity contribution >= 4 is 11.6 Å². The van der Waals surface area contributed by atoms with Gasteiger partial charge in [0, 0.05) is 6.42 Å². The first-order valence-electron chi connectivity index (χ1n) is 8.31. The Hall–Kier alpha value is -2.73. The van der Waals surface area contributed by atoms with Gasteiger partial charge >= 0.3 is 0 Å². The number of aliphatic hydroxyl groups excluding tert-OH is 1. The summed E-state index contributed by atoms with van der Waals surface area (Å²) in [6.07, 6.45) is -0.390. The Bertz CT molecular complexity index is 794. The molecular weight excluding hydrogens is 320 g/mol. The van der Waals surface area contributed by atoms with Crippen LogP contribution in [0.2, 0.25) is 0 Å². The van der Waals surface area contributed by atoms with Crippen LogP contribution in [0.4, 0.5) is 5.69 Å². The smallest absolute Gasteiger partial charge is 0.255 e. The molecule has 1 aliphatic carbocycles. The molecular formula is C19H20N2O4. The molecule has 4 rings (SSSR count). The molecule has 25 heavy (non-hydrogen) atoms. The third-order valence-electron chi connectivity index (χ3n) is 4.82. The first-order chi connectivity index (χ1) is 12.2. The van der Waals surface area contributed by atoms with E-state index in [1.165, 1.54) is 7.11 Å². The summed E-state index contributed by atoms with van der Waals surface area (Å²) in [6.45, 7) is 0. The van der Waals surface area contributed by atoms with E-state index in [0.29, 0.717) is 17.7 Å². The van der Waals surface area contributed by atoms with Crippen LogP contribution in [0.3, 0.4) is 0 Å². The van der Waals surface area contributed by atoms with Gasteiger partial charge in [-0.2, -0.15) is 0 Å². The molecule has 2 aliphatic rings. The summed E-state index contributed by atoms with van der Waals surface area (Å²) in [6, 6.07) is 14.0. The number of carbonyl (C=O) groups is 1. The van der Waals surface area contributed by atoms with Gasteiger partial charge in [0.2, 0.25) is 0 Å². The first kappa shape index (κ1) is 15.8. The highest BCUT2D eigenvalue weighted by Gasteiger charge is 2.47. The summed E-state index contributed by atoms with van der Waals surface area (Å²) in [5.74, 6) is 1.01. The summed E-state index contributed by atoms with van der Waals surface area (Å²) < 4.78 is 11.2. The lowest BCUT2D eigenvalue weighted by atomic mass is 10.1. The number of nitrogens with one attached hydrogen (secondary N) is 2. The van der Waals surface area contributed by atoms with Crippen LogP contribution in [0.1, 0.15) is 16.8 Å². The van der Waals surface area contributed by atoms with E-state index >= 15 is 0 Å². The zero-order valence-electron chi connectivity index (χ0n) is 13.8. The normalized spacial score (nSPS) is 26.6. The number of hydrogen-bond acceptors (Lipinski definition) is 5. The van der Waals surface area contributed by atoms with Crippen LogP contribution in [0, 0.1) is 0 Å². The van der Waals surface area contributed by atoms with Crippen molar-refractivity contribution in [2.45, 2.75) is 30.7 Å². The fraction of sp³-hybridized carbons (Fsp3) is 0.316. The summed E-state index contributed by atoms with van der Waals surface area (Å²) in [5.41, 5.74) is 1.31. The Balaban J connectivity index is 1.49. The van der Waals surface area contributed by atoms with Gasteiger partial charge in [0.1, 0.15) is 17.6 Å². The number of ether oxygens (including phenoxy) is 2. The molecule has 1 heterocycles. The van der Waals surface area contributed by atoms with E-state index in [1.807, 2.05) is 30.3 Å². The van der Waals surface area contributed by atoms with Gasteiger partial charge in [-0.15, -0.1) is 0 Å². The van der Waals surface area contributed by atoms with Gasteiger partial charge in [-0.1, -0.05) is 24.3 Å². The monoisotopic (exact) mass is 340 g/mol. The summed E-state index contributed by atoms with van der Waals surface area (Å²) in [5, 5.41) is 16.9. The highest BCUT2D eigenvalue weighted by atomic mass is 16.5. The Morgan fingerprint density at radius 1 is 1.24 bits per heavy atom. The van der Waals surface area contributed by atoms with Crippen molar-refractivity contribution in [3.8, 4) is 11.5 Å². The molecule has 6 heteroatoms. The molecule has 6 nitrogen and oxygen atoms in total. The number of fused-ring (bicyclic) bond motifs is 2. The molecule has 2 aromatic rings. The van der Waals surface area contributed by atoms with Gasteiger partial charge in [-0.05, 0) is 24.3 Å². The number of rotatable bonds is 3. The van der Waals surface area contributed by atoms with Gasteiger partial charge in [0.05, 0.1) is 36.5 Å². The third kappa shape index (κ3) is 2.78. The standard InChI is InChI=1S/C19H20N2O4/c1-24-14-8-4-2-6-11(14)19(23)21-13-10-16-17(18(13)22)20-12-7-3-5-9-15(12)25-16/h2-9,13,16-18,20,22H,10H2,1H3,(H,21,23)/t13-,16-,17-,18-/m1/s1. The molecule has 4 atom stereocenters. The molecule has 0 spiro atoms. The average molecular weight is 340 g/mol. The molecule has 1 amide bonds. The highest BCUT2D eigenvalue weighted by Crippen LogP contribution is 2.37. The van der Waals surface area contributed by atoms with Crippen LogP contribution in [0.5, 0.6) is 11.5 Å². The molecule has 1 fully saturated rings. The molecule has 1 aliphatic heterocycles. The summed E-state index contributed by atoms with van der Waals surface area (Å²) in [4.78, 5) is 12.6. The number of benzene rings is 2. The maximum atomic E-state index is 12.6. The fourth-order valence-electron chi connectivity index (χ4n) is 3.56. The molecule has 0 aromatic heterocycles. The molecule has 130 valence electrons. The minimum Gasteiger partial charge on any atom is -0.496 e. The molecule has 0 saturated heterocycles. The van der Waals surface area contributed by atoms with Crippen molar-refractivity contribution in [1.82, 2.24) is 5.32 Å². The maximum absolute atomic E-state index is 12.6. The number of para-hydroxylation sites is 3. The zero-order chi connectivity index (χ0) is 17.4. The minimum absolute atomic E-state index is 0.187. The summed E-state index contributed by atoms with van der Waals surface area (Å²) >= 11 is 0. The number of carbonyl (C=O) groups excluding carboxylic acids is 1. The predicted octanol–water partition coefficient (Wildman–Crippen LogP) is 1.80. The average Bonchev–Trinajstić information content (AvgIpc) is 2.94. The number of anilines is 1. The van der Waals surface area contributed by atoms with Crippen LogP contribution < -0.4 is 20.1 Å². The van der Waals surface area contributed by atoms with E-state index in [-0.39, 0.29) is 18.1 Å². The molecule has 0 radical (unpaired) electrons.